The van der Waals surface area contributed by atoms with E-state index in [4.69, 9.17) is 30.4 Å². The number of rotatable bonds is 12. The molecule has 0 spiro atoms. The number of carbonyl (C=O) groups is 1. The summed E-state index contributed by atoms with van der Waals surface area (Å²) >= 11 is 0. The molecule has 2 aromatic rings. The summed E-state index contributed by atoms with van der Waals surface area (Å²) in [5, 5.41) is 14.4. The lowest BCUT2D eigenvalue weighted by Crippen LogP contribution is -2.73. The fourth-order valence-electron chi connectivity index (χ4n) is 5.66. The van der Waals surface area contributed by atoms with Crippen LogP contribution in [0, 0.1) is 11.3 Å². The van der Waals surface area contributed by atoms with E-state index >= 15 is 0 Å². The molecule has 11 nitrogen and oxygen atoms in total. The van der Waals surface area contributed by atoms with Crippen LogP contribution in [0.2, 0.25) is 0 Å². The lowest BCUT2D eigenvalue weighted by atomic mass is 9.82. The van der Waals surface area contributed by atoms with Crippen LogP contribution in [0.1, 0.15) is 44.7 Å². The van der Waals surface area contributed by atoms with Gasteiger partial charge in [0, 0.05) is 6.42 Å². The van der Waals surface area contributed by atoms with Gasteiger partial charge in [-0.2, -0.15) is 0 Å². The molecule has 2 aromatic carbocycles. The first kappa shape index (κ1) is 32.2. The minimum absolute atomic E-state index is 0.137. The Morgan fingerprint density at radius 1 is 1.12 bits per heavy atom. The quantitative estimate of drug-likeness (QED) is 0.263. The molecule has 0 bridgehead atoms. The molecule has 0 aromatic heterocycles. The Kier molecular flexibility index (Phi) is 9.56. The molecular weight excluding hydrogens is 562 g/mol. The molecule has 2 aliphatic heterocycles. The van der Waals surface area contributed by atoms with Crippen LogP contribution in [0.5, 0.6) is 5.75 Å². The van der Waals surface area contributed by atoms with E-state index in [1.807, 2.05) is 13.8 Å². The van der Waals surface area contributed by atoms with Crippen molar-refractivity contribution in [3.8, 4) is 5.75 Å². The number of hydrogen-bond acceptors (Lipinski definition) is 10. The second kappa shape index (κ2) is 12.5. The molecule has 2 aliphatic rings. The van der Waals surface area contributed by atoms with Crippen LogP contribution in [-0.4, -0.2) is 69.5 Å². The summed E-state index contributed by atoms with van der Waals surface area (Å²) in [4.78, 5) is 10.4. The summed E-state index contributed by atoms with van der Waals surface area (Å²) < 4.78 is 50.6. The number of methoxy groups -OCH3 is 1. The minimum atomic E-state index is -4.58. The molecule has 0 saturated carbocycles. The average molecular weight is 606 g/mol. The van der Waals surface area contributed by atoms with Crippen LogP contribution in [-0.2, 0) is 36.9 Å². The first-order valence-electron chi connectivity index (χ1n) is 14.1. The van der Waals surface area contributed by atoms with Gasteiger partial charge in [-0.05, 0) is 67.5 Å². The molecule has 6 N–H and O–H groups in total. The normalized spacial score (nSPS) is 23.5. The number of aliphatic hydroxyl groups is 1. The highest BCUT2D eigenvalue weighted by atomic mass is 32.2. The van der Waals surface area contributed by atoms with Crippen LogP contribution < -0.4 is 21.5 Å². The average Bonchev–Trinajstić information content (AvgIpc) is 3.54. The summed E-state index contributed by atoms with van der Waals surface area (Å²) in [6, 6.07) is 13.2. The number of hydrogen-bond donors (Lipinski definition) is 4. The van der Waals surface area contributed by atoms with Gasteiger partial charge in [0.25, 0.3) is 0 Å². The molecule has 0 radical (unpaired) electrons. The molecule has 2 heterocycles. The lowest BCUT2D eigenvalue weighted by Gasteiger charge is -2.42. The molecule has 1 amide bonds. The van der Waals surface area contributed by atoms with E-state index in [-0.39, 0.29) is 29.3 Å². The highest BCUT2D eigenvalue weighted by Gasteiger charge is 2.56. The van der Waals surface area contributed by atoms with Crippen LogP contribution in [0.25, 0.3) is 0 Å². The Bertz CT molecular complexity index is 1350. The highest BCUT2D eigenvalue weighted by molar-refractivity contribution is 7.92. The molecule has 2 saturated heterocycles. The monoisotopic (exact) mass is 605 g/mol. The molecule has 2 fully saturated rings. The topological polar surface area (TPSA) is 172 Å². The summed E-state index contributed by atoms with van der Waals surface area (Å²) in [5.41, 5.74) is 11.3. The van der Waals surface area contributed by atoms with Crippen molar-refractivity contribution in [2.45, 2.75) is 74.3 Å². The maximum atomic E-state index is 14.2. The molecule has 12 heteroatoms. The number of benzene rings is 2. The fraction of sp³-hybridized carbons (Fsp3) is 0.567. The zero-order valence-electron chi connectivity index (χ0n) is 24.7. The van der Waals surface area contributed by atoms with Gasteiger partial charge in [0.2, 0.25) is 14.8 Å². The molecule has 4 rings (SSSR count). The van der Waals surface area contributed by atoms with Crippen LogP contribution in [0.3, 0.4) is 0 Å². The number of sulfone groups is 1. The third-order valence-electron chi connectivity index (χ3n) is 8.30. The molecule has 232 valence electrons. The highest BCUT2D eigenvalue weighted by Crippen LogP contribution is 2.38. The zero-order chi connectivity index (χ0) is 30.8. The fourth-order valence-corrected chi connectivity index (χ4v) is 7.27. The summed E-state index contributed by atoms with van der Waals surface area (Å²) in [6.07, 6.45) is -0.370. The van der Waals surface area contributed by atoms with Crippen LogP contribution in [0.15, 0.2) is 53.4 Å². The Labute approximate surface area is 247 Å². The molecule has 5 atom stereocenters. The third kappa shape index (κ3) is 6.58. The summed E-state index contributed by atoms with van der Waals surface area (Å²) in [5.74, 6) is 0.374. The van der Waals surface area contributed by atoms with Crippen molar-refractivity contribution < 1.29 is 37.3 Å². The number of nitrogens with one attached hydrogen (secondary N) is 1. The predicted octanol–water partition coefficient (Wildman–Crippen LogP) is 2.48. The maximum Gasteiger partial charge on any atom is 0.409 e. The Balaban J connectivity index is 1.67. The molecule has 0 aliphatic carbocycles. The molecule has 0 unspecified atom stereocenters. The van der Waals surface area contributed by atoms with Gasteiger partial charge in [0.15, 0.2) is 6.29 Å². The van der Waals surface area contributed by atoms with E-state index in [0.717, 1.165) is 6.92 Å². The van der Waals surface area contributed by atoms with Gasteiger partial charge >= 0.3 is 6.09 Å². The van der Waals surface area contributed by atoms with Crippen LogP contribution >= 0.6 is 0 Å². The summed E-state index contributed by atoms with van der Waals surface area (Å²) in [6.45, 7) is 6.26. The van der Waals surface area contributed by atoms with Gasteiger partial charge in [0.1, 0.15) is 17.5 Å². The smallest absolute Gasteiger partial charge is 0.409 e. The van der Waals surface area contributed by atoms with Crippen molar-refractivity contribution in [3.05, 3.63) is 59.7 Å². The van der Waals surface area contributed by atoms with Crippen molar-refractivity contribution in [2.75, 3.05) is 26.9 Å². The van der Waals surface area contributed by atoms with Gasteiger partial charge < -0.3 is 35.5 Å². The van der Waals surface area contributed by atoms with Gasteiger partial charge in [-0.1, -0.05) is 44.2 Å². The van der Waals surface area contributed by atoms with E-state index in [1.165, 1.54) is 19.2 Å². The summed E-state index contributed by atoms with van der Waals surface area (Å²) in [7, 11) is -3.07. The van der Waals surface area contributed by atoms with Gasteiger partial charge in [-0.25, -0.2) is 13.2 Å². The SMILES string of the molecule is COc1ccc(S(=O)(=O)[C@@](C)(O)[C@](N)(Cc2ccccc2)NC(=O)O[C@H]2CO[C@H]3OCC[C@H]32)cc1CC(C)(C)CCN. The standard InChI is InChI=1S/C30H43N3O8S/c1-28(2,13-14-31)18-21-16-22(10-11-24(21)38-4)42(36,37)29(3,35)30(32,17-20-8-6-5-7-9-20)33-27(34)41-25-19-40-26-23(25)12-15-39-26/h5-11,16,23,25-26,35H,12-15,17-19,31-32H2,1-4H3,(H,33,34)/t23-,25-,26+,29+,30-/m0/s1. The van der Waals surface area contributed by atoms with Crippen molar-refractivity contribution in [1.29, 1.82) is 0 Å². The van der Waals surface area contributed by atoms with Crippen LogP contribution in [0.4, 0.5) is 4.79 Å². The van der Waals surface area contributed by atoms with Gasteiger partial charge in [0.05, 0.1) is 31.1 Å². The Hall–Kier alpha value is -2.74. The van der Waals surface area contributed by atoms with E-state index in [0.29, 0.717) is 49.3 Å². The first-order chi connectivity index (χ1) is 19.7. The first-order valence-corrected chi connectivity index (χ1v) is 15.6. The number of carbonyl (C=O) groups excluding carboxylic acids is 1. The van der Waals surface area contributed by atoms with E-state index in [1.54, 1.807) is 36.4 Å². The number of fused-ring (bicyclic) bond motifs is 1. The number of alkyl carbamates (subject to hydrolysis) is 1. The predicted molar refractivity (Wildman–Crippen MR) is 156 cm³/mol. The van der Waals surface area contributed by atoms with Crippen molar-refractivity contribution in [1.82, 2.24) is 5.32 Å². The minimum Gasteiger partial charge on any atom is -0.496 e. The lowest BCUT2D eigenvalue weighted by molar-refractivity contribution is -0.0907. The third-order valence-corrected chi connectivity index (χ3v) is 10.6. The molecular formula is C30H43N3O8S. The largest absolute Gasteiger partial charge is 0.496 e. The van der Waals surface area contributed by atoms with Gasteiger partial charge in [-0.3, -0.25) is 5.32 Å². The molecule has 42 heavy (non-hydrogen) atoms. The van der Waals surface area contributed by atoms with E-state index in [9.17, 15) is 18.3 Å². The van der Waals surface area contributed by atoms with Crippen molar-refractivity contribution in [2.24, 2.45) is 22.8 Å². The van der Waals surface area contributed by atoms with E-state index < -0.39 is 38.9 Å². The number of amides is 1. The van der Waals surface area contributed by atoms with Gasteiger partial charge in [-0.15, -0.1) is 0 Å². The Morgan fingerprint density at radius 3 is 2.50 bits per heavy atom. The Morgan fingerprint density at radius 2 is 1.83 bits per heavy atom. The number of ether oxygens (including phenoxy) is 4. The van der Waals surface area contributed by atoms with Crippen molar-refractivity contribution >= 4 is 15.9 Å². The number of nitrogens with two attached hydrogens (primary N) is 2. The zero-order valence-corrected chi connectivity index (χ0v) is 25.5. The second-order valence-corrected chi connectivity index (χ2v) is 14.3. The van der Waals surface area contributed by atoms with Crippen molar-refractivity contribution in [3.63, 3.8) is 0 Å². The van der Waals surface area contributed by atoms with E-state index in [2.05, 4.69) is 5.32 Å². The second-order valence-electron chi connectivity index (χ2n) is 12.1. The maximum absolute atomic E-state index is 14.2.